The number of carbonyl (C=O) groups is 1. The molecule has 1 atom stereocenters. The first-order valence-electron chi connectivity index (χ1n) is 8.35. The summed E-state index contributed by atoms with van der Waals surface area (Å²) in [6, 6.07) is 16.4. The van der Waals surface area contributed by atoms with Gasteiger partial charge in [0.25, 0.3) is 5.91 Å². The van der Waals surface area contributed by atoms with Crippen LogP contribution in [0.3, 0.4) is 0 Å². The number of benzene rings is 2. The third-order valence-corrected chi connectivity index (χ3v) is 4.41. The zero-order valence-electron chi connectivity index (χ0n) is 13.5. The first kappa shape index (κ1) is 15.6. The number of ether oxygens (including phenoxy) is 1. The van der Waals surface area contributed by atoms with Gasteiger partial charge in [0, 0.05) is 0 Å². The third-order valence-electron chi connectivity index (χ3n) is 4.41. The maximum atomic E-state index is 12.2. The lowest BCUT2D eigenvalue weighted by atomic mass is 9.88. The van der Waals surface area contributed by atoms with Gasteiger partial charge >= 0.3 is 0 Å². The molecule has 2 aromatic carbocycles. The minimum absolute atomic E-state index is 0.0597. The molecule has 3 rings (SSSR count). The molecule has 0 heterocycles. The van der Waals surface area contributed by atoms with E-state index >= 15 is 0 Å². The summed E-state index contributed by atoms with van der Waals surface area (Å²) >= 11 is 0. The zero-order chi connectivity index (χ0) is 16.1. The topological polar surface area (TPSA) is 38.3 Å². The van der Waals surface area contributed by atoms with Crippen molar-refractivity contribution in [1.29, 1.82) is 0 Å². The number of fused-ring (bicyclic) bond motifs is 1. The Hall–Kier alpha value is -2.29. The minimum Gasteiger partial charge on any atom is -0.484 e. The van der Waals surface area contributed by atoms with Crippen molar-refractivity contribution in [2.24, 2.45) is 0 Å². The van der Waals surface area contributed by atoms with E-state index in [0.717, 1.165) is 31.4 Å². The molecule has 1 N–H and O–H groups in total. The second-order valence-electron chi connectivity index (χ2n) is 6.00. The molecule has 0 fully saturated rings. The summed E-state index contributed by atoms with van der Waals surface area (Å²) in [5, 5.41) is 3.10. The van der Waals surface area contributed by atoms with Gasteiger partial charge in [0.2, 0.25) is 0 Å². The van der Waals surface area contributed by atoms with Gasteiger partial charge in [0.05, 0.1) is 6.04 Å². The van der Waals surface area contributed by atoms with Gasteiger partial charge in [-0.25, -0.2) is 0 Å². The maximum absolute atomic E-state index is 12.2. The summed E-state index contributed by atoms with van der Waals surface area (Å²) < 4.78 is 5.58. The van der Waals surface area contributed by atoms with Gasteiger partial charge < -0.3 is 10.1 Å². The first-order valence-corrected chi connectivity index (χ1v) is 8.35. The fraction of sp³-hybridized carbons (Fsp3) is 0.350. The second kappa shape index (κ2) is 7.32. The molecule has 2 aromatic rings. The van der Waals surface area contributed by atoms with Crippen LogP contribution < -0.4 is 10.1 Å². The van der Waals surface area contributed by atoms with E-state index in [2.05, 4.69) is 30.4 Å². The van der Waals surface area contributed by atoms with Crippen molar-refractivity contribution >= 4 is 5.91 Å². The van der Waals surface area contributed by atoms with Crippen LogP contribution in [0.4, 0.5) is 0 Å². The van der Waals surface area contributed by atoms with E-state index in [1.54, 1.807) is 0 Å². The molecule has 0 spiro atoms. The Bertz CT molecular complexity index is 664. The second-order valence-corrected chi connectivity index (χ2v) is 6.00. The maximum Gasteiger partial charge on any atom is 0.258 e. The van der Waals surface area contributed by atoms with Crippen molar-refractivity contribution in [2.45, 2.75) is 38.6 Å². The van der Waals surface area contributed by atoms with Gasteiger partial charge in [-0.3, -0.25) is 4.79 Å². The monoisotopic (exact) mass is 309 g/mol. The zero-order valence-corrected chi connectivity index (χ0v) is 13.5. The van der Waals surface area contributed by atoms with Crippen molar-refractivity contribution < 1.29 is 9.53 Å². The smallest absolute Gasteiger partial charge is 0.258 e. The summed E-state index contributed by atoms with van der Waals surface area (Å²) in [6.45, 7) is 2.18. The molecule has 0 aliphatic heterocycles. The number of amides is 1. The molecule has 0 unspecified atom stereocenters. The summed E-state index contributed by atoms with van der Waals surface area (Å²) in [5.41, 5.74) is 3.86. The standard InChI is InChI=1S/C20H23NO2/c1-2-15-10-12-17(13-11-15)23-14-20(22)21-19-9-5-7-16-6-3-4-8-18(16)19/h3-4,6,8,10-13,19H,2,5,7,9,14H2,1H3,(H,21,22)/t19-/m0/s1. The predicted molar refractivity (Wildman–Crippen MR) is 91.6 cm³/mol. The van der Waals surface area contributed by atoms with Gasteiger partial charge in [0.1, 0.15) is 5.75 Å². The largest absolute Gasteiger partial charge is 0.484 e. The lowest BCUT2D eigenvalue weighted by Crippen LogP contribution is -2.34. The Morgan fingerprint density at radius 3 is 2.74 bits per heavy atom. The van der Waals surface area contributed by atoms with E-state index in [0.29, 0.717) is 0 Å². The number of carbonyl (C=O) groups excluding carboxylic acids is 1. The van der Waals surface area contributed by atoms with Gasteiger partial charge in [-0.15, -0.1) is 0 Å². The molecule has 0 saturated carbocycles. The van der Waals surface area contributed by atoms with E-state index in [-0.39, 0.29) is 18.6 Å². The summed E-state index contributed by atoms with van der Waals surface area (Å²) in [5.74, 6) is 0.674. The first-order chi connectivity index (χ1) is 11.3. The normalized spacial score (nSPS) is 16.5. The molecular weight excluding hydrogens is 286 g/mol. The molecule has 23 heavy (non-hydrogen) atoms. The average Bonchev–Trinajstić information content (AvgIpc) is 2.61. The number of rotatable bonds is 5. The Morgan fingerprint density at radius 2 is 1.96 bits per heavy atom. The van der Waals surface area contributed by atoms with Gasteiger partial charge in [0.15, 0.2) is 6.61 Å². The molecule has 1 aliphatic carbocycles. The Labute approximate surface area is 137 Å². The van der Waals surface area contributed by atoms with E-state index in [1.165, 1.54) is 16.7 Å². The Morgan fingerprint density at radius 1 is 1.17 bits per heavy atom. The van der Waals surface area contributed by atoms with Crippen LogP contribution in [-0.4, -0.2) is 12.5 Å². The number of hydrogen-bond donors (Lipinski definition) is 1. The Kier molecular flexibility index (Phi) is 4.96. The summed E-state index contributed by atoms with van der Waals surface area (Å²) in [7, 11) is 0. The van der Waals surface area contributed by atoms with Crippen LogP contribution >= 0.6 is 0 Å². The summed E-state index contributed by atoms with van der Waals surface area (Å²) in [4.78, 5) is 12.2. The molecule has 120 valence electrons. The fourth-order valence-electron chi connectivity index (χ4n) is 3.11. The molecule has 3 heteroatoms. The highest BCUT2D eigenvalue weighted by atomic mass is 16.5. The van der Waals surface area contributed by atoms with Crippen LogP contribution in [0.15, 0.2) is 48.5 Å². The lowest BCUT2D eigenvalue weighted by Gasteiger charge is -2.26. The van der Waals surface area contributed by atoms with Crippen LogP contribution in [0, 0.1) is 0 Å². The van der Waals surface area contributed by atoms with Crippen LogP contribution in [0.1, 0.15) is 42.5 Å². The third kappa shape index (κ3) is 3.92. The van der Waals surface area contributed by atoms with Gasteiger partial charge in [-0.1, -0.05) is 43.3 Å². The molecule has 0 radical (unpaired) electrons. The highest BCUT2D eigenvalue weighted by Gasteiger charge is 2.21. The fourth-order valence-corrected chi connectivity index (χ4v) is 3.11. The minimum atomic E-state index is -0.0636. The molecule has 3 nitrogen and oxygen atoms in total. The van der Waals surface area contributed by atoms with Gasteiger partial charge in [-0.2, -0.15) is 0 Å². The van der Waals surface area contributed by atoms with Gasteiger partial charge in [-0.05, 0) is 54.5 Å². The van der Waals surface area contributed by atoms with Crippen molar-refractivity contribution in [3.63, 3.8) is 0 Å². The highest BCUT2D eigenvalue weighted by Crippen LogP contribution is 2.29. The van der Waals surface area contributed by atoms with Crippen molar-refractivity contribution in [1.82, 2.24) is 5.32 Å². The van der Waals surface area contributed by atoms with Crippen LogP contribution in [0.25, 0.3) is 0 Å². The molecule has 0 bridgehead atoms. The molecule has 0 saturated heterocycles. The Balaban J connectivity index is 1.55. The van der Waals surface area contributed by atoms with E-state index in [4.69, 9.17) is 4.74 Å². The van der Waals surface area contributed by atoms with E-state index < -0.39 is 0 Å². The predicted octanol–water partition coefficient (Wildman–Crippen LogP) is 3.82. The number of hydrogen-bond acceptors (Lipinski definition) is 2. The van der Waals surface area contributed by atoms with Crippen LogP contribution in [0.5, 0.6) is 5.75 Å². The molecule has 1 amide bonds. The highest BCUT2D eigenvalue weighted by molar-refractivity contribution is 5.78. The van der Waals surface area contributed by atoms with Crippen molar-refractivity contribution in [3.05, 3.63) is 65.2 Å². The van der Waals surface area contributed by atoms with Crippen LogP contribution in [-0.2, 0) is 17.6 Å². The number of aryl methyl sites for hydroxylation is 2. The number of nitrogens with one attached hydrogen (secondary N) is 1. The van der Waals surface area contributed by atoms with E-state index in [9.17, 15) is 4.79 Å². The van der Waals surface area contributed by atoms with Crippen molar-refractivity contribution in [3.8, 4) is 5.75 Å². The quantitative estimate of drug-likeness (QED) is 0.912. The van der Waals surface area contributed by atoms with Crippen molar-refractivity contribution in [2.75, 3.05) is 6.61 Å². The molecule has 0 aromatic heterocycles. The molecular formula is C20H23NO2. The van der Waals surface area contributed by atoms with E-state index in [1.807, 2.05) is 30.3 Å². The molecule has 1 aliphatic rings. The SMILES string of the molecule is CCc1ccc(OCC(=O)N[C@H]2CCCc3ccccc32)cc1. The lowest BCUT2D eigenvalue weighted by molar-refractivity contribution is -0.123. The average molecular weight is 309 g/mol. The van der Waals surface area contributed by atoms with Crippen LogP contribution in [0.2, 0.25) is 0 Å². The summed E-state index contributed by atoms with van der Waals surface area (Å²) in [6.07, 6.45) is 4.21.